The van der Waals surface area contributed by atoms with Gasteiger partial charge in [-0.3, -0.25) is 9.78 Å². The fourth-order valence-electron chi connectivity index (χ4n) is 2.00. The summed E-state index contributed by atoms with van der Waals surface area (Å²) in [5, 5.41) is 0. The Morgan fingerprint density at radius 3 is 2.27 bits per heavy atom. The van der Waals surface area contributed by atoms with E-state index in [2.05, 4.69) is 9.97 Å². The number of aromatic nitrogens is 2. The summed E-state index contributed by atoms with van der Waals surface area (Å²) in [6.07, 6.45) is 1.29. The molecule has 0 saturated heterocycles. The molecule has 1 heterocycles. The first-order valence-corrected chi connectivity index (χ1v) is 6.74. The quantitative estimate of drug-likeness (QED) is 0.879. The lowest BCUT2D eigenvalue weighted by Crippen LogP contribution is -2.12. The fourth-order valence-corrected chi connectivity index (χ4v) is 2.00. The standard InChI is InChI=1S/C15H19N3O4/c1-8(2)9-5-11(20-3)12(21-4)6-10(9)22-13-7-17-15(16)18-14(13)19/h5-8H,1-4H3,(H3,16,17,18,19). The Hall–Kier alpha value is -2.70. The summed E-state index contributed by atoms with van der Waals surface area (Å²) in [6, 6.07) is 3.52. The number of nitrogen functional groups attached to an aromatic ring is 1. The molecule has 0 radical (unpaired) electrons. The Bertz CT molecular complexity index is 725. The van der Waals surface area contributed by atoms with Crippen molar-refractivity contribution in [2.75, 3.05) is 20.0 Å². The number of anilines is 1. The van der Waals surface area contributed by atoms with Crippen molar-refractivity contribution >= 4 is 5.95 Å². The number of hydrogen-bond donors (Lipinski definition) is 2. The van der Waals surface area contributed by atoms with Gasteiger partial charge < -0.3 is 19.9 Å². The van der Waals surface area contributed by atoms with E-state index < -0.39 is 5.56 Å². The van der Waals surface area contributed by atoms with Crippen LogP contribution in [0.4, 0.5) is 5.95 Å². The number of rotatable bonds is 5. The Balaban J connectivity index is 2.50. The smallest absolute Gasteiger partial charge is 0.295 e. The minimum absolute atomic E-state index is 0.0359. The summed E-state index contributed by atoms with van der Waals surface area (Å²) in [5.74, 6) is 1.88. The van der Waals surface area contributed by atoms with Crippen LogP contribution in [0.15, 0.2) is 23.1 Å². The molecule has 2 aromatic rings. The lowest BCUT2D eigenvalue weighted by Gasteiger charge is -2.17. The predicted octanol–water partition coefficient (Wildman–Crippen LogP) is 2.29. The molecule has 0 aliphatic carbocycles. The third-order valence-corrected chi connectivity index (χ3v) is 3.14. The van der Waals surface area contributed by atoms with Gasteiger partial charge in [-0.05, 0) is 12.0 Å². The molecule has 0 saturated carbocycles. The van der Waals surface area contributed by atoms with Crippen molar-refractivity contribution < 1.29 is 14.2 Å². The predicted molar refractivity (Wildman–Crippen MR) is 83.0 cm³/mol. The van der Waals surface area contributed by atoms with E-state index in [1.807, 2.05) is 19.9 Å². The molecule has 7 heteroatoms. The van der Waals surface area contributed by atoms with Crippen molar-refractivity contribution in [2.45, 2.75) is 19.8 Å². The molecule has 0 bridgehead atoms. The third-order valence-electron chi connectivity index (χ3n) is 3.14. The summed E-state index contributed by atoms with van der Waals surface area (Å²) in [5.41, 5.74) is 5.86. The summed E-state index contributed by atoms with van der Waals surface area (Å²) in [6.45, 7) is 4.03. The van der Waals surface area contributed by atoms with E-state index in [1.54, 1.807) is 13.2 Å². The summed E-state index contributed by atoms with van der Waals surface area (Å²) in [7, 11) is 3.10. The van der Waals surface area contributed by atoms with Gasteiger partial charge in [-0.15, -0.1) is 0 Å². The molecule has 0 atom stereocenters. The van der Waals surface area contributed by atoms with Gasteiger partial charge in [0.05, 0.1) is 20.4 Å². The van der Waals surface area contributed by atoms with Gasteiger partial charge in [0.2, 0.25) is 5.75 Å². The molecule has 2 rings (SSSR count). The summed E-state index contributed by atoms with van der Waals surface area (Å²) < 4.78 is 16.3. The molecule has 0 unspecified atom stereocenters. The molecule has 0 aliphatic heterocycles. The molecule has 1 aromatic carbocycles. The van der Waals surface area contributed by atoms with Crippen LogP contribution in [0.25, 0.3) is 0 Å². The summed E-state index contributed by atoms with van der Waals surface area (Å²) >= 11 is 0. The van der Waals surface area contributed by atoms with Crippen molar-refractivity contribution in [3.05, 3.63) is 34.2 Å². The number of ether oxygens (including phenoxy) is 3. The van der Waals surface area contributed by atoms with Crippen LogP contribution < -0.4 is 25.5 Å². The van der Waals surface area contributed by atoms with E-state index in [9.17, 15) is 4.79 Å². The van der Waals surface area contributed by atoms with Crippen LogP contribution in [0.5, 0.6) is 23.0 Å². The van der Waals surface area contributed by atoms with E-state index in [1.165, 1.54) is 13.3 Å². The number of H-pyrrole nitrogens is 1. The fraction of sp³-hybridized carbons (Fsp3) is 0.333. The largest absolute Gasteiger partial charge is 0.493 e. The van der Waals surface area contributed by atoms with E-state index in [4.69, 9.17) is 19.9 Å². The lowest BCUT2D eigenvalue weighted by molar-refractivity contribution is 0.350. The number of benzene rings is 1. The molecule has 0 amide bonds. The number of nitrogens with one attached hydrogen (secondary N) is 1. The highest BCUT2D eigenvalue weighted by molar-refractivity contribution is 5.52. The Kier molecular flexibility index (Phi) is 4.55. The van der Waals surface area contributed by atoms with E-state index in [0.717, 1.165) is 5.56 Å². The highest BCUT2D eigenvalue weighted by atomic mass is 16.5. The average molecular weight is 305 g/mol. The van der Waals surface area contributed by atoms with Crippen molar-refractivity contribution in [3.8, 4) is 23.0 Å². The molecule has 7 nitrogen and oxygen atoms in total. The van der Waals surface area contributed by atoms with Crippen molar-refractivity contribution in [1.29, 1.82) is 0 Å². The van der Waals surface area contributed by atoms with Crippen LogP contribution in [0.3, 0.4) is 0 Å². The van der Waals surface area contributed by atoms with Gasteiger partial charge in [0.15, 0.2) is 17.4 Å². The zero-order valence-electron chi connectivity index (χ0n) is 13.0. The lowest BCUT2D eigenvalue weighted by atomic mass is 10.0. The van der Waals surface area contributed by atoms with Crippen LogP contribution >= 0.6 is 0 Å². The van der Waals surface area contributed by atoms with Crippen LogP contribution in [-0.4, -0.2) is 24.2 Å². The first kappa shape index (κ1) is 15.7. The first-order valence-electron chi connectivity index (χ1n) is 6.74. The minimum atomic E-state index is -0.447. The molecule has 3 N–H and O–H groups in total. The van der Waals surface area contributed by atoms with E-state index in [0.29, 0.717) is 17.2 Å². The zero-order valence-corrected chi connectivity index (χ0v) is 13.0. The number of nitrogens with two attached hydrogens (primary N) is 1. The number of methoxy groups -OCH3 is 2. The Morgan fingerprint density at radius 2 is 1.73 bits per heavy atom. The van der Waals surface area contributed by atoms with Crippen LogP contribution in [0, 0.1) is 0 Å². The normalized spacial score (nSPS) is 10.6. The third kappa shape index (κ3) is 3.13. The van der Waals surface area contributed by atoms with Gasteiger partial charge >= 0.3 is 0 Å². The van der Waals surface area contributed by atoms with Gasteiger partial charge in [0.1, 0.15) is 5.75 Å². The maximum Gasteiger partial charge on any atom is 0.295 e. The van der Waals surface area contributed by atoms with E-state index in [-0.39, 0.29) is 17.6 Å². The van der Waals surface area contributed by atoms with Gasteiger partial charge in [0.25, 0.3) is 5.56 Å². The molecular formula is C15H19N3O4. The molecule has 0 fully saturated rings. The van der Waals surface area contributed by atoms with Crippen LogP contribution in [0.2, 0.25) is 0 Å². The van der Waals surface area contributed by atoms with E-state index >= 15 is 0 Å². The minimum Gasteiger partial charge on any atom is -0.493 e. The molecule has 0 spiro atoms. The maximum absolute atomic E-state index is 11.8. The van der Waals surface area contributed by atoms with Crippen molar-refractivity contribution in [1.82, 2.24) is 9.97 Å². The van der Waals surface area contributed by atoms with Gasteiger partial charge in [-0.1, -0.05) is 13.8 Å². The second kappa shape index (κ2) is 6.38. The SMILES string of the molecule is COc1cc(Oc2cnc(N)[nH]c2=O)c(C(C)C)cc1OC. The number of hydrogen-bond acceptors (Lipinski definition) is 6. The highest BCUT2D eigenvalue weighted by Crippen LogP contribution is 2.39. The van der Waals surface area contributed by atoms with Crippen LogP contribution in [0.1, 0.15) is 25.3 Å². The zero-order chi connectivity index (χ0) is 16.3. The highest BCUT2D eigenvalue weighted by Gasteiger charge is 2.16. The molecule has 1 aromatic heterocycles. The molecule has 0 aliphatic rings. The van der Waals surface area contributed by atoms with Gasteiger partial charge in [-0.2, -0.15) is 0 Å². The summed E-state index contributed by atoms with van der Waals surface area (Å²) in [4.78, 5) is 18.1. The van der Waals surface area contributed by atoms with Gasteiger partial charge in [-0.25, -0.2) is 4.98 Å². The molecule has 22 heavy (non-hydrogen) atoms. The Morgan fingerprint density at radius 1 is 1.09 bits per heavy atom. The Labute approximate surface area is 128 Å². The average Bonchev–Trinajstić information content (AvgIpc) is 2.49. The maximum atomic E-state index is 11.8. The van der Waals surface area contributed by atoms with Crippen molar-refractivity contribution in [2.24, 2.45) is 0 Å². The van der Waals surface area contributed by atoms with Crippen molar-refractivity contribution in [3.63, 3.8) is 0 Å². The molecule has 118 valence electrons. The number of aromatic amines is 1. The monoisotopic (exact) mass is 305 g/mol. The van der Waals surface area contributed by atoms with Crippen LogP contribution in [-0.2, 0) is 0 Å². The van der Waals surface area contributed by atoms with Gasteiger partial charge in [0, 0.05) is 11.6 Å². The number of nitrogens with zero attached hydrogens (tertiary/aromatic N) is 1. The second-order valence-electron chi connectivity index (χ2n) is 4.96. The molecular weight excluding hydrogens is 286 g/mol. The first-order chi connectivity index (χ1) is 10.5. The second-order valence-corrected chi connectivity index (χ2v) is 4.96. The topological polar surface area (TPSA) is 99.5 Å².